The van der Waals surface area contributed by atoms with Crippen LogP contribution in [0.2, 0.25) is 0 Å². The van der Waals surface area contributed by atoms with Gasteiger partial charge in [-0.3, -0.25) is 0 Å². The summed E-state index contributed by atoms with van der Waals surface area (Å²) in [7, 11) is 2.25. The molecule has 1 heterocycles. The molecule has 1 rings (SSSR count). The Morgan fingerprint density at radius 2 is 1.82 bits per heavy atom. The normalized spacial score (nSPS) is 18.9. The second-order valence-electron chi connectivity index (χ2n) is 6.32. The second-order valence-corrected chi connectivity index (χ2v) is 7.55. The van der Waals surface area contributed by atoms with Gasteiger partial charge in [0.2, 0.25) is 0 Å². The smallest absolute Gasteiger partial charge is 0.0104 e. The molecule has 17 heavy (non-hydrogen) atoms. The lowest BCUT2D eigenvalue weighted by Gasteiger charge is -2.26. The van der Waals surface area contributed by atoms with E-state index in [0.717, 1.165) is 12.5 Å². The minimum atomic E-state index is 0.251. The second kappa shape index (κ2) is 7.65. The fourth-order valence-electron chi connectivity index (χ4n) is 2.17. The molecule has 0 saturated carbocycles. The SMILES string of the molecule is CN(CCNC(C)(C)C)CCC1CCSCC1. The molecule has 102 valence electrons. The van der Waals surface area contributed by atoms with Gasteiger partial charge in [-0.2, -0.15) is 11.8 Å². The van der Waals surface area contributed by atoms with Crippen molar-refractivity contribution in [3.05, 3.63) is 0 Å². The Morgan fingerprint density at radius 1 is 1.18 bits per heavy atom. The van der Waals surface area contributed by atoms with Gasteiger partial charge in [-0.25, -0.2) is 0 Å². The van der Waals surface area contributed by atoms with Crippen molar-refractivity contribution in [3.63, 3.8) is 0 Å². The Morgan fingerprint density at radius 3 is 2.41 bits per heavy atom. The molecule has 1 saturated heterocycles. The van der Waals surface area contributed by atoms with E-state index in [1.807, 2.05) is 0 Å². The Bertz CT molecular complexity index is 195. The molecule has 0 atom stereocenters. The van der Waals surface area contributed by atoms with E-state index in [0.29, 0.717) is 0 Å². The Balaban J connectivity index is 2.02. The maximum Gasteiger partial charge on any atom is 0.0104 e. The van der Waals surface area contributed by atoms with Gasteiger partial charge in [0.05, 0.1) is 0 Å². The van der Waals surface area contributed by atoms with Crippen molar-refractivity contribution in [3.8, 4) is 0 Å². The van der Waals surface area contributed by atoms with E-state index in [9.17, 15) is 0 Å². The average Bonchev–Trinajstić information content (AvgIpc) is 2.26. The van der Waals surface area contributed by atoms with Crippen molar-refractivity contribution < 1.29 is 0 Å². The zero-order valence-electron chi connectivity index (χ0n) is 12.1. The maximum absolute atomic E-state index is 3.55. The first-order valence-corrected chi connectivity index (χ1v) is 8.14. The molecule has 2 nitrogen and oxygen atoms in total. The molecule has 0 amide bonds. The summed E-state index contributed by atoms with van der Waals surface area (Å²) < 4.78 is 0. The van der Waals surface area contributed by atoms with Crippen LogP contribution in [0, 0.1) is 5.92 Å². The van der Waals surface area contributed by atoms with Crippen LogP contribution in [0.25, 0.3) is 0 Å². The van der Waals surface area contributed by atoms with Gasteiger partial charge in [0.25, 0.3) is 0 Å². The summed E-state index contributed by atoms with van der Waals surface area (Å²) in [5, 5.41) is 3.55. The van der Waals surface area contributed by atoms with Crippen LogP contribution in [0.3, 0.4) is 0 Å². The quantitative estimate of drug-likeness (QED) is 0.789. The predicted octanol–water partition coefficient (Wildman–Crippen LogP) is 2.84. The molecule has 1 N–H and O–H groups in total. The van der Waals surface area contributed by atoms with Crippen LogP contribution in [0.15, 0.2) is 0 Å². The van der Waals surface area contributed by atoms with Crippen LogP contribution in [-0.2, 0) is 0 Å². The third-order valence-electron chi connectivity index (χ3n) is 3.41. The maximum atomic E-state index is 3.55. The fraction of sp³-hybridized carbons (Fsp3) is 1.00. The van der Waals surface area contributed by atoms with E-state index in [1.54, 1.807) is 0 Å². The van der Waals surface area contributed by atoms with Gasteiger partial charge in [-0.1, -0.05) is 0 Å². The van der Waals surface area contributed by atoms with E-state index in [-0.39, 0.29) is 5.54 Å². The lowest BCUT2D eigenvalue weighted by molar-refractivity contribution is 0.280. The summed E-state index contributed by atoms with van der Waals surface area (Å²) in [6, 6.07) is 0. The summed E-state index contributed by atoms with van der Waals surface area (Å²) in [6.45, 7) is 10.2. The Kier molecular flexibility index (Phi) is 6.90. The molecule has 1 fully saturated rings. The number of hydrogen-bond donors (Lipinski definition) is 1. The number of rotatable bonds is 6. The van der Waals surface area contributed by atoms with Crippen molar-refractivity contribution in [1.82, 2.24) is 10.2 Å². The van der Waals surface area contributed by atoms with Gasteiger partial charge < -0.3 is 10.2 Å². The molecule has 1 aliphatic heterocycles. The number of thioether (sulfide) groups is 1. The molecule has 1 aliphatic rings. The number of nitrogens with one attached hydrogen (secondary N) is 1. The highest BCUT2D eigenvalue weighted by molar-refractivity contribution is 7.99. The summed E-state index contributed by atoms with van der Waals surface area (Å²) in [5.41, 5.74) is 0.251. The molecular weight excluding hydrogens is 228 g/mol. The van der Waals surface area contributed by atoms with E-state index in [2.05, 4.69) is 49.8 Å². The van der Waals surface area contributed by atoms with Gasteiger partial charge in [-0.05, 0) is 71.0 Å². The van der Waals surface area contributed by atoms with Crippen LogP contribution in [-0.4, -0.2) is 48.6 Å². The van der Waals surface area contributed by atoms with Crippen molar-refractivity contribution in [2.24, 2.45) is 5.92 Å². The molecular formula is C14H30N2S. The van der Waals surface area contributed by atoms with Gasteiger partial charge in [0.1, 0.15) is 0 Å². The highest BCUT2D eigenvalue weighted by atomic mass is 32.2. The molecule has 0 aromatic heterocycles. The van der Waals surface area contributed by atoms with Crippen LogP contribution < -0.4 is 5.32 Å². The minimum absolute atomic E-state index is 0.251. The van der Waals surface area contributed by atoms with Crippen molar-refractivity contribution in [2.75, 3.05) is 38.2 Å². The Hall–Kier alpha value is 0.270. The topological polar surface area (TPSA) is 15.3 Å². The van der Waals surface area contributed by atoms with Crippen LogP contribution >= 0.6 is 11.8 Å². The van der Waals surface area contributed by atoms with Crippen molar-refractivity contribution >= 4 is 11.8 Å². The molecule has 0 aliphatic carbocycles. The van der Waals surface area contributed by atoms with Crippen LogP contribution in [0.1, 0.15) is 40.0 Å². The monoisotopic (exact) mass is 258 g/mol. The minimum Gasteiger partial charge on any atom is -0.311 e. The number of hydrogen-bond acceptors (Lipinski definition) is 3. The predicted molar refractivity (Wildman–Crippen MR) is 79.9 cm³/mol. The molecule has 0 aromatic carbocycles. The summed E-state index contributed by atoms with van der Waals surface area (Å²) >= 11 is 2.13. The van der Waals surface area contributed by atoms with E-state index in [4.69, 9.17) is 0 Å². The van der Waals surface area contributed by atoms with E-state index < -0.39 is 0 Å². The summed E-state index contributed by atoms with van der Waals surface area (Å²) in [5.74, 6) is 3.77. The van der Waals surface area contributed by atoms with Gasteiger partial charge in [0.15, 0.2) is 0 Å². The highest BCUT2D eigenvalue weighted by Gasteiger charge is 2.14. The molecule has 0 bridgehead atoms. The van der Waals surface area contributed by atoms with Gasteiger partial charge >= 0.3 is 0 Å². The molecule has 0 radical (unpaired) electrons. The first kappa shape index (κ1) is 15.3. The van der Waals surface area contributed by atoms with Crippen molar-refractivity contribution in [2.45, 2.75) is 45.6 Å². The average molecular weight is 258 g/mol. The lowest BCUT2D eigenvalue weighted by Crippen LogP contribution is -2.40. The molecule has 0 unspecified atom stereocenters. The van der Waals surface area contributed by atoms with Crippen molar-refractivity contribution in [1.29, 1.82) is 0 Å². The highest BCUT2D eigenvalue weighted by Crippen LogP contribution is 2.25. The zero-order valence-corrected chi connectivity index (χ0v) is 12.9. The first-order chi connectivity index (χ1) is 7.97. The molecule has 3 heteroatoms. The van der Waals surface area contributed by atoms with E-state index >= 15 is 0 Å². The first-order valence-electron chi connectivity index (χ1n) is 6.99. The Labute approximate surface area is 112 Å². The fourth-order valence-corrected chi connectivity index (χ4v) is 3.38. The third kappa shape index (κ3) is 8.06. The van der Waals surface area contributed by atoms with Crippen LogP contribution in [0.5, 0.6) is 0 Å². The summed E-state index contributed by atoms with van der Waals surface area (Å²) in [6.07, 6.45) is 4.28. The zero-order chi connectivity index (χ0) is 12.7. The van der Waals surface area contributed by atoms with E-state index in [1.165, 1.54) is 43.9 Å². The number of likely N-dealkylation sites (N-methyl/N-ethyl adjacent to an activating group) is 1. The van der Waals surface area contributed by atoms with Crippen LogP contribution in [0.4, 0.5) is 0 Å². The van der Waals surface area contributed by atoms with Gasteiger partial charge in [-0.15, -0.1) is 0 Å². The number of nitrogens with zero attached hydrogens (tertiary/aromatic N) is 1. The summed E-state index contributed by atoms with van der Waals surface area (Å²) in [4.78, 5) is 2.47. The molecule has 0 spiro atoms. The largest absolute Gasteiger partial charge is 0.311 e. The molecule has 0 aromatic rings. The standard InChI is InChI=1S/C14H30N2S/c1-14(2,3)15-8-10-16(4)9-5-13-6-11-17-12-7-13/h13,15H,5-12H2,1-4H3. The third-order valence-corrected chi connectivity index (χ3v) is 4.46. The lowest BCUT2D eigenvalue weighted by atomic mass is 9.99. The van der Waals surface area contributed by atoms with Gasteiger partial charge in [0, 0.05) is 18.6 Å².